The molecule has 1 amide bonds. The van der Waals surface area contributed by atoms with Crippen LogP contribution in [0.2, 0.25) is 5.02 Å². The molecule has 0 saturated carbocycles. The number of likely N-dealkylation sites (N-methyl/N-ethyl adjacent to an activating group) is 1. The molecule has 0 saturated heterocycles. The van der Waals surface area contributed by atoms with Gasteiger partial charge in [-0.1, -0.05) is 56.3 Å². The summed E-state index contributed by atoms with van der Waals surface area (Å²) in [6.45, 7) is 9.38. The highest BCUT2D eigenvalue weighted by molar-refractivity contribution is 7.98. The van der Waals surface area contributed by atoms with Gasteiger partial charge in [-0.15, -0.1) is 0 Å². The monoisotopic (exact) mass is 622 g/mol. The van der Waals surface area contributed by atoms with Crippen LogP contribution < -0.4 is 5.56 Å². The molecule has 2 heterocycles. The lowest BCUT2D eigenvalue weighted by molar-refractivity contribution is -0.131. The Kier molecular flexibility index (Phi) is 11.8. The van der Waals surface area contributed by atoms with E-state index in [0.717, 1.165) is 29.8 Å². The van der Waals surface area contributed by atoms with Crippen LogP contribution in [0.15, 0.2) is 70.9 Å². The number of H-pyrrole nitrogens is 1. The first-order chi connectivity index (χ1) is 20.8. The number of hydrogen-bond acceptors (Lipinski definition) is 7. The first-order valence-corrected chi connectivity index (χ1v) is 15.7. The summed E-state index contributed by atoms with van der Waals surface area (Å²) in [5.41, 5.74) is 3.28. The number of aromatic amines is 1. The van der Waals surface area contributed by atoms with Gasteiger partial charge in [0.2, 0.25) is 5.91 Å². The molecule has 2 aromatic heterocycles. The van der Waals surface area contributed by atoms with Crippen molar-refractivity contribution in [2.75, 3.05) is 26.2 Å². The molecule has 0 spiro atoms. The Bertz CT molecular complexity index is 1540. The minimum atomic E-state index is -0.303. The summed E-state index contributed by atoms with van der Waals surface area (Å²) >= 11 is 7.35. The summed E-state index contributed by atoms with van der Waals surface area (Å²) in [4.78, 5) is 47.3. The van der Waals surface area contributed by atoms with E-state index in [1.54, 1.807) is 41.6 Å². The molecule has 0 bridgehead atoms. The van der Waals surface area contributed by atoms with Crippen molar-refractivity contribution in [2.45, 2.75) is 51.1 Å². The SMILES string of the molecule is CCc1c(CC(=O)N(CCN(CC)CC)Cc2cnc(-c3ccc(Cl)cc3)nc2)nc(SCc2ccc(F)cc2)[nH]c1=O. The van der Waals surface area contributed by atoms with E-state index in [1.165, 1.54) is 23.9 Å². The Labute approximate surface area is 260 Å². The second-order valence-corrected chi connectivity index (χ2v) is 11.4. The second-order valence-electron chi connectivity index (χ2n) is 10.0. The number of aromatic nitrogens is 4. The molecule has 43 heavy (non-hydrogen) atoms. The van der Waals surface area contributed by atoms with Crippen molar-refractivity contribution < 1.29 is 9.18 Å². The Morgan fingerprint density at radius 1 is 0.953 bits per heavy atom. The van der Waals surface area contributed by atoms with Gasteiger partial charge in [-0.05, 0) is 61.5 Å². The lowest BCUT2D eigenvalue weighted by Crippen LogP contribution is -2.39. The first kappa shape index (κ1) is 32.3. The van der Waals surface area contributed by atoms with Gasteiger partial charge in [-0.2, -0.15) is 0 Å². The molecule has 0 fully saturated rings. The zero-order valence-corrected chi connectivity index (χ0v) is 26.2. The van der Waals surface area contributed by atoms with Crippen molar-refractivity contribution >= 4 is 29.3 Å². The van der Waals surface area contributed by atoms with Gasteiger partial charge in [0.15, 0.2) is 11.0 Å². The van der Waals surface area contributed by atoms with Crippen LogP contribution in [0, 0.1) is 5.82 Å². The number of nitrogens with zero attached hydrogens (tertiary/aromatic N) is 5. The maximum Gasteiger partial charge on any atom is 0.254 e. The van der Waals surface area contributed by atoms with Gasteiger partial charge in [0.05, 0.1) is 12.1 Å². The van der Waals surface area contributed by atoms with Crippen LogP contribution in [0.25, 0.3) is 11.4 Å². The summed E-state index contributed by atoms with van der Waals surface area (Å²) in [5.74, 6) is 0.649. The topological polar surface area (TPSA) is 95.1 Å². The fourth-order valence-corrected chi connectivity index (χ4v) is 5.55. The lowest BCUT2D eigenvalue weighted by Gasteiger charge is -2.27. The lowest BCUT2D eigenvalue weighted by atomic mass is 10.1. The van der Waals surface area contributed by atoms with Crippen LogP contribution >= 0.6 is 23.4 Å². The molecule has 226 valence electrons. The summed E-state index contributed by atoms with van der Waals surface area (Å²) in [6.07, 6.45) is 3.93. The fourth-order valence-electron chi connectivity index (χ4n) is 4.59. The number of carbonyl (C=O) groups excluding carboxylic acids is 1. The average Bonchev–Trinajstić information content (AvgIpc) is 3.01. The van der Waals surface area contributed by atoms with E-state index >= 15 is 0 Å². The van der Waals surface area contributed by atoms with E-state index in [9.17, 15) is 14.0 Å². The van der Waals surface area contributed by atoms with Crippen LogP contribution in [0.3, 0.4) is 0 Å². The molecule has 11 heteroatoms. The first-order valence-electron chi connectivity index (χ1n) is 14.4. The van der Waals surface area contributed by atoms with Crippen LogP contribution in [-0.2, 0) is 29.9 Å². The Balaban J connectivity index is 1.53. The predicted octanol–water partition coefficient (Wildman–Crippen LogP) is 5.79. The number of thioether (sulfide) groups is 1. The van der Waals surface area contributed by atoms with Crippen LogP contribution in [0.5, 0.6) is 0 Å². The maximum atomic E-state index is 13.8. The molecule has 4 aromatic rings. The van der Waals surface area contributed by atoms with E-state index in [0.29, 0.717) is 59.1 Å². The van der Waals surface area contributed by atoms with Gasteiger partial charge < -0.3 is 14.8 Å². The molecule has 8 nitrogen and oxygen atoms in total. The summed E-state index contributed by atoms with van der Waals surface area (Å²) in [6, 6.07) is 13.5. The fraction of sp³-hybridized carbons (Fsp3) is 0.344. The summed E-state index contributed by atoms with van der Waals surface area (Å²) < 4.78 is 13.3. The maximum absolute atomic E-state index is 13.8. The molecule has 4 rings (SSSR count). The van der Waals surface area contributed by atoms with E-state index in [1.807, 2.05) is 19.1 Å². The smallest absolute Gasteiger partial charge is 0.254 e. The third kappa shape index (κ3) is 9.19. The van der Waals surface area contributed by atoms with Crippen molar-refractivity contribution in [3.63, 3.8) is 0 Å². The molecule has 0 atom stereocenters. The largest absolute Gasteiger partial charge is 0.337 e. The Morgan fingerprint density at radius 3 is 2.26 bits per heavy atom. The van der Waals surface area contributed by atoms with Crippen LogP contribution in [0.1, 0.15) is 43.2 Å². The van der Waals surface area contributed by atoms with Crippen LogP contribution in [-0.4, -0.2) is 61.8 Å². The van der Waals surface area contributed by atoms with Crippen molar-refractivity contribution in [1.29, 1.82) is 0 Å². The molecular weight excluding hydrogens is 587 g/mol. The highest BCUT2D eigenvalue weighted by Gasteiger charge is 2.20. The van der Waals surface area contributed by atoms with Gasteiger partial charge >= 0.3 is 0 Å². The van der Waals surface area contributed by atoms with Crippen molar-refractivity contribution in [2.24, 2.45) is 0 Å². The number of benzene rings is 2. The Morgan fingerprint density at radius 2 is 1.63 bits per heavy atom. The normalized spacial score (nSPS) is 11.2. The zero-order valence-electron chi connectivity index (χ0n) is 24.6. The average molecular weight is 623 g/mol. The predicted molar refractivity (Wildman–Crippen MR) is 170 cm³/mol. The van der Waals surface area contributed by atoms with Gasteiger partial charge in [-0.3, -0.25) is 9.59 Å². The molecule has 0 aliphatic carbocycles. The van der Waals surface area contributed by atoms with Gasteiger partial charge in [-0.25, -0.2) is 19.3 Å². The molecule has 1 N–H and O–H groups in total. The number of halogens is 2. The zero-order chi connectivity index (χ0) is 30.8. The molecule has 0 aliphatic rings. The number of hydrogen-bond donors (Lipinski definition) is 1. The van der Waals surface area contributed by atoms with Crippen molar-refractivity contribution in [1.82, 2.24) is 29.7 Å². The molecule has 2 aromatic carbocycles. The highest BCUT2D eigenvalue weighted by Crippen LogP contribution is 2.21. The number of nitrogens with one attached hydrogen (secondary N) is 1. The van der Waals surface area contributed by atoms with E-state index in [-0.39, 0.29) is 23.7 Å². The number of amides is 1. The highest BCUT2D eigenvalue weighted by atomic mass is 35.5. The summed E-state index contributed by atoms with van der Waals surface area (Å²) in [7, 11) is 0. The third-order valence-corrected chi connectivity index (χ3v) is 8.35. The standard InChI is InChI=1S/C32H36ClFN6O2S/c1-4-27-28(37-32(38-31(27)42)43-21-22-7-13-26(34)14-8-22)17-29(41)40(16-15-39(5-2)6-3)20-23-18-35-30(36-19-23)24-9-11-25(33)12-10-24/h7-14,18-19H,4-6,15-17,20-21H2,1-3H3,(H,37,38,42). The Hall–Kier alpha value is -3.60. The van der Waals surface area contributed by atoms with Crippen LogP contribution in [0.4, 0.5) is 4.39 Å². The molecule has 0 radical (unpaired) electrons. The van der Waals surface area contributed by atoms with E-state index in [2.05, 4.69) is 38.7 Å². The number of rotatable bonds is 14. The minimum absolute atomic E-state index is 0.000826. The van der Waals surface area contributed by atoms with Crippen molar-refractivity contribution in [3.05, 3.63) is 105 Å². The van der Waals surface area contributed by atoms with E-state index in [4.69, 9.17) is 11.6 Å². The summed E-state index contributed by atoms with van der Waals surface area (Å²) in [5, 5.41) is 1.07. The van der Waals surface area contributed by atoms with Gasteiger partial charge in [0.1, 0.15) is 5.82 Å². The molecule has 0 unspecified atom stereocenters. The van der Waals surface area contributed by atoms with Gasteiger partial charge in [0, 0.05) is 59.5 Å². The van der Waals surface area contributed by atoms with E-state index < -0.39 is 0 Å². The number of carbonyl (C=O) groups is 1. The quantitative estimate of drug-likeness (QED) is 0.141. The van der Waals surface area contributed by atoms with Crippen molar-refractivity contribution in [3.8, 4) is 11.4 Å². The molecular formula is C32H36ClFN6O2S. The minimum Gasteiger partial charge on any atom is -0.337 e. The molecule has 0 aliphatic heterocycles. The third-order valence-electron chi connectivity index (χ3n) is 7.15. The van der Waals surface area contributed by atoms with Gasteiger partial charge in [0.25, 0.3) is 5.56 Å². The second kappa shape index (κ2) is 15.7.